The summed E-state index contributed by atoms with van der Waals surface area (Å²) in [6, 6.07) is 6.33. The van der Waals surface area contributed by atoms with Crippen LogP contribution in [0.15, 0.2) is 48.4 Å². The van der Waals surface area contributed by atoms with Crippen LogP contribution in [0.5, 0.6) is 0 Å². The SMILES string of the molecule is C=C(C)OC(=O)N1CCC2=Cc3c(cnn3-c3ccc(F)cc3)C[C@]2(C)C1. The highest BCUT2D eigenvalue weighted by Gasteiger charge is 2.41. The Labute approximate surface area is 157 Å². The second-order valence-corrected chi connectivity index (χ2v) is 7.59. The van der Waals surface area contributed by atoms with Crippen molar-refractivity contribution in [1.82, 2.24) is 14.7 Å². The lowest BCUT2D eigenvalue weighted by atomic mass is 9.70. The Morgan fingerprint density at radius 1 is 1.33 bits per heavy atom. The third kappa shape index (κ3) is 3.16. The van der Waals surface area contributed by atoms with Crippen molar-refractivity contribution in [2.75, 3.05) is 13.1 Å². The number of halogens is 1. The van der Waals surface area contributed by atoms with E-state index in [9.17, 15) is 9.18 Å². The van der Waals surface area contributed by atoms with E-state index in [-0.39, 0.29) is 17.3 Å². The Morgan fingerprint density at radius 3 is 2.78 bits per heavy atom. The lowest BCUT2D eigenvalue weighted by Crippen LogP contribution is -2.48. The van der Waals surface area contributed by atoms with E-state index in [0.29, 0.717) is 18.8 Å². The van der Waals surface area contributed by atoms with Gasteiger partial charge in [0.05, 0.1) is 23.3 Å². The standard InChI is InChI=1S/C21H22FN3O2/c1-14(2)27-20(26)24-9-8-16-10-19-15(11-21(16,3)13-24)12-23-25(19)18-6-4-17(22)5-7-18/h4-7,10,12H,1,8-9,11,13H2,2-3H3/t21-/m1/s1. The maximum atomic E-state index is 13.2. The maximum Gasteiger partial charge on any atom is 0.414 e. The minimum absolute atomic E-state index is 0.143. The van der Waals surface area contributed by atoms with Crippen molar-refractivity contribution in [3.8, 4) is 5.69 Å². The van der Waals surface area contributed by atoms with Gasteiger partial charge in [0.15, 0.2) is 0 Å². The van der Waals surface area contributed by atoms with Crippen molar-refractivity contribution >= 4 is 12.2 Å². The second-order valence-electron chi connectivity index (χ2n) is 7.59. The number of allylic oxidation sites excluding steroid dienone is 1. The predicted octanol–water partition coefficient (Wildman–Crippen LogP) is 4.33. The van der Waals surface area contributed by atoms with Gasteiger partial charge in [0, 0.05) is 18.5 Å². The molecule has 2 aromatic rings. The van der Waals surface area contributed by atoms with Crippen molar-refractivity contribution < 1.29 is 13.9 Å². The first-order valence-electron chi connectivity index (χ1n) is 9.02. The summed E-state index contributed by atoms with van der Waals surface area (Å²) in [5, 5.41) is 4.51. The molecule has 0 saturated carbocycles. The Morgan fingerprint density at radius 2 is 2.07 bits per heavy atom. The van der Waals surface area contributed by atoms with Gasteiger partial charge in [-0.25, -0.2) is 13.9 Å². The fourth-order valence-corrected chi connectivity index (χ4v) is 4.00. The number of likely N-dealkylation sites (tertiary alicyclic amines) is 1. The van der Waals surface area contributed by atoms with Crippen LogP contribution >= 0.6 is 0 Å². The zero-order valence-electron chi connectivity index (χ0n) is 15.5. The molecule has 1 aliphatic heterocycles. The number of piperidine rings is 1. The number of nitrogens with zero attached hydrogens (tertiary/aromatic N) is 3. The molecule has 1 fully saturated rings. The number of fused-ring (bicyclic) bond motifs is 2. The van der Waals surface area contributed by atoms with E-state index in [1.54, 1.807) is 24.0 Å². The molecule has 1 aromatic heterocycles. The first kappa shape index (κ1) is 17.5. The number of carbonyl (C=O) groups excluding carboxylic acids is 1. The van der Waals surface area contributed by atoms with Crippen LogP contribution < -0.4 is 0 Å². The maximum absolute atomic E-state index is 13.2. The van der Waals surface area contributed by atoms with Gasteiger partial charge in [-0.05, 0) is 55.7 Å². The van der Waals surface area contributed by atoms with Crippen molar-refractivity contribution in [2.24, 2.45) is 5.41 Å². The molecule has 5 nitrogen and oxygen atoms in total. The summed E-state index contributed by atoms with van der Waals surface area (Å²) >= 11 is 0. The molecule has 140 valence electrons. The second kappa shape index (κ2) is 6.37. The topological polar surface area (TPSA) is 47.4 Å². The summed E-state index contributed by atoms with van der Waals surface area (Å²) in [7, 11) is 0. The summed E-state index contributed by atoms with van der Waals surface area (Å²) in [5.41, 5.74) is 4.15. The van der Waals surface area contributed by atoms with Crippen LogP contribution in [0.4, 0.5) is 9.18 Å². The minimum atomic E-state index is -0.337. The van der Waals surface area contributed by atoms with Gasteiger partial charge in [-0.2, -0.15) is 5.10 Å². The molecule has 6 heteroatoms. The lowest BCUT2D eigenvalue weighted by Gasteiger charge is -2.44. The summed E-state index contributed by atoms with van der Waals surface area (Å²) < 4.78 is 20.3. The molecule has 0 radical (unpaired) electrons. The van der Waals surface area contributed by atoms with Crippen LogP contribution in [-0.2, 0) is 11.2 Å². The van der Waals surface area contributed by atoms with Gasteiger partial charge in [-0.1, -0.05) is 19.1 Å². The first-order valence-corrected chi connectivity index (χ1v) is 9.02. The van der Waals surface area contributed by atoms with Gasteiger partial charge >= 0.3 is 6.09 Å². The monoisotopic (exact) mass is 367 g/mol. The van der Waals surface area contributed by atoms with Crippen LogP contribution in [0.2, 0.25) is 0 Å². The zero-order valence-corrected chi connectivity index (χ0v) is 15.5. The molecule has 0 unspecified atom stereocenters. The number of carbonyl (C=O) groups is 1. The molecule has 2 aliphatic rings. The number of aromatic nitrogens is 2. The van der Waals surface area contributed by atoms with E-state index in [2.05, 4.69) is 24.7 Å². The van der Waals surface area contributed by atoms with Crippen molar-refractivity contribution in [3.05, 3.63) is 65.4 Å². The Hall–Kier alpha value is -2.89. The van der Waals surface area contributed by atoms with E-state index in [1.807, 2.05) is 10.9 Å². The van der Waals surface area contributed by atoms with Gasteiger partial charge in [-0.15, -0.1) is 0 Å². The number of rotatable bonds is 2. The quantitative estimate of drug-likeness (QED) is 0.742. The molecule has 4 rings (SSSR count). The molecule has 1 saturated heterocycles. The van der Waals surface area contributed by atoms with E-state index in [0.717, 1.165) is 29.8 Å². The van der Waals surface area contributed by atoms with Gasteiger partial charge in [-0.3, -0.25) is 0 Å². The normalized spacial score (nSPS) is 21.1. The summed E-state index contributed by atoms with van der Waals surface area (Å²) in [6.45, 7) is 8.71. The predicted molar refractivity (Wildman–Crippen MR) is 101 cm³/mol. The van der Waals surface area contributed by atoms with Crippen LogP contribution in [-0.4, -0.2) is 33.9 Å². The minimum Gasteiger partial charge on any atom is -0.416 e. The lowest BCUT2D eigenvalue weighted by molar-refractivity contribution is 0.0997. The fourth-order valence-electron chi connectivity index (χ4n) is 4.00. The number of hydrogen-bond acceptors (Lipinski definition) is 3. The van der Waals surface area contributed by atoms with E-state index < -0.39 is 0 Å². The molecule has 1 amide bonds. The van der Waals surface area contributed by atoms with Gasteiger partial charge in [0.2, 0.25) is 0 Å². The summed E-state index contributed by atoms with van der Waals surface area (Å²) in [4.78, 5) is 14.0. The molecule has 0 N–H and O–H groups in total. The Balaban J connectivity index is 1.62. The zero-order chi connectivity index (χ0) is 19.2. The smallest absolute Gasteiger partial charge is 0.414 e. The van der Waals surface area contributed by atoms with Gasteiger partial charge in [0.1, 0.15) is 5.82 Å². The molecule has 1 aliphatic carbocycles. The molecule has 0 bridgehead atoms. The first-order chi connectivity index (χ1) is 12.9. The number of amides is 1. The molecule has 2 heterocycles. The van der Waals surface area contributed by atoms with E-state index in [4.69, 9.17) is 4.74 Å². The average Bonchev–Trinajstić information content (AvgIpc) is 3.01. The molecular formula is C21H22FN3O2. The summed E-state index contributed by atoms with van der Waals surface area (Å²) in [5.74, 6) is 0.137. The van der Waals surface area contributed by atoms with Crippen molar-refractivity contribution in [2.45, 2.75) is 26.7 Å². The van der Waals surface area contributed by atoms with E-state index in [1.165, 1.54) is 17.7 Å². The molecule has 27 heavy (non-hydrogen) atoms. The van der Waals surface area contributed by atoms with Crippen molar-refractivity contribution in [3.63, 3.8) is 0 Å². The largest absolute Gasteiger partial charge is 0.416 e. The number of ether oxygens (including phenoxy) is 1. The molecule has 1 aromatic carbocycles. The highest BCUT2D eigenvalue weighted by Crippen LogP contribution is 2.43. The number of benzene rings is 1. The third-order valence-electron chi connectivity index (χ3n) is 5.33. The molecular weight excluding hydrogens is 345 g/mol. The molecule has 1 atom stereocenters. The van der Waals surface area contributed by atoms with Crippen LogP contribution in [0.25, 0.3) is 11.8 Å². The molecule has 0 spiro atoms. The van der Waals surface area contributed by atoms with Gasteiger partial charge < -0.3 is 9.64 Å². The highest BCUT2D eigenvalue weighted by atomic mass is 19.1. The highest BCUT2D eigenvalue weighted by molar-refractivity contribution is 5.70. The fraction of sp³-hybridized carbons (Fsp3) is 0.333. The number of hydrogen-bond donors (Lipinski definition) is 0. The van der Waals surface area contributed by atoms with Gasteiger partial charge in [0.25, 0.3) is 0 Å². The average molecular weight is 367 g/mol. The Kier molecular flexibility index (Phi) is 4.13. The third-order valence-corrected chi connectivity index (χ3v) is 5.33. The summed E-state index contributed by atoms with van der Waals surface area (Å²) in [6.07, 6.45) is 5.29. The van der Waals surface area contributed by atoms with Crippen LogP contribution in [0, 0.1) is 11.2 Å². The Bertz CT molecular complexity index is 945. The van der Waals surface area contributed by atoms with Crippen LogP contribution in [0.1, 0.15) is 31.5 Å². The van der Waals surface area contributed by atoms with Crippen molar-refractivity contribution in [1.29, 1.82) is 0 Å². The van der Waals surface area contributed by atoms with E-state index >= 15 is 0 Å². The van der Waals surface area contributed by atoms with Crippen LogP contribution in [0.3, 0.4) is 0 Å².